The van der Waals surface area contributed by atoms with Gasteiger partial charge in [-0.15, -0.1) is 0 Å². The average molecular weight is 764 g/mol. The lowest BCUT2D eigenvalue weighted by Gasteiger charge is -2.26. The third-order valence-electron chi connectivity index (χ3n) is 11.8. The Kier molecular flexibility index (Phi) is 7.29. The second-order valence-corrected chi connectivity index (χ2v) is 15.2. The minimum Gasteiger partial charge on any atom is -0.456 e. The van der Waals surface area contributed by atoms with Crippen molar-refractivity contribution < 1.29 is 17.6 Å². The molecule has 2 aromatic heterocycles. The molecule has 3 nitrogen and oxygen atoms in total. The van der Waals surface area contributed by atoms with E-state index >= 15 is 0 Å². The first-order valence-electron chi connectivity index (χ1n) is 19.6. The van der Waals surface area contributed by atoms with Crippen LogP contribution in [-0.2, 0) is 0 Å². The topological polar surface area (TPSA) is 29.5 Å². The Hall–Kier alpha value is -7.76. The van der Waals surface area contributed by atoms with Gasteiger partial charge in [-0.2, -0.15) is 0 Å². The van der Waals surface area contributed by atoms with Gasteiger partial charge in [-0.3, -0.25) is 0 Å². The van der Waals surface area contributed by atoms with Gasteiger partial charge < -0.3 is 13.7 Å². The maximum atomic E-state index is 14.3. The molecule has 0 radical (unpaired) electrons. The molecule has 0 fully saturated rings. The standard InChI is InChI=1S/C54H31F2NO2/c55-36-15-25-53-49(29-36)47-27-34(13-23-51(47)58-53)32-9-17-38(18-10-32)57(40-21-22-45-43-7-2-1-5-41(43)42-6-3-4-8-44(42)46(45)31-40)39-19-11-33(12-20-39)35-14-24-52-48(28-35)50-30-37(56)16-26-54(50)59-52/h1-31H. The van der Waals surface area contributed by atoms with E-state index in [0.29, 0.717) is 11.2 Å². The molecular formula is C54H31F2NO2. The minimum atomic E-state index is -0.290. The van der Waals surface area contributed by atoms with E-state index in [1.165, 1.54) is 56.6 Å². The first-order valence-corrected chi connectivity index (χ1v) is 19.6. The maximum Gasteiger partial charge on any atom is 0.135 e. The van der Waals surface area contributed by atoms with E-state index in [2.05, 4.69) is 132 Å². The molecule has 10 aromatic carbocycles. The van der Waals surface area contributed by atoms with Crippen molar-refractivity contribution in [2.75, 3.05) is 4.90 Å². The Morgan fingerprint density at radius 1 is 0.271 bits per heavy atom. The maximum absolute atomic E-state index is 14.3. The SMILES string of the molecule is Fc1ccc2oc3ccc(-c4ccc(N(c5ccc(-c6ccc7oc8ccc(F)cc8c7c6)cc5)c5ccc6c7ccccc7c7ccccc7c6c5)cc4)cc3c2c1. The number of anilines is 3. The van der Waals surface area contributed by atoms with Gasteiger partial charge in [0.2, 0.25) is 0 Å². The Bertz CT molecular complexity index is 3440. The molecule has 5 heteroatoms. The third kappa shape index (κ3) is 5.39. The summed E-state index contributed by atoms with van der Waals surface area (Å²) >= 11 is 0. The zero-order valence-corrected chi connectivity index (χ0v) is 31.4. The van der Waals surface area contributed by atoms with Gasteiger partial charge in [0, 0.05) is 38.6 Å². The summed E-state index contributed by atoms with van der Waals surface area (Å²) in [4.78, 5) is 2.29. The lowest BCUT2D eigenvalue weighted by molar-refractivity contribution is 0.626. The highest BCUT2D eigenvalue weighted by atomic mass is 19.1. The molecule has 0 spiro atoms. The van der Waals surface area contributed by atoms with Gasteiger partial charge in [-0.1, -0.05) is 91.0 Å². The van der Waals surface area contributed by atoms with Crippen molar-refractivity contribution in [2.45, 2.75) is 0 Å². The molecule has 0 aliphatic carbocycles. The number of hydrogen-bond acceptors (Lipinski definition) is 3. The largest absolute Gasteiger partial charge is 0.456 e. The monoisotopic (exact) mass is 763 g/mol. The van der Waals surface area contributed by atoms with Crippen LogP contribution in [0.4, 0.5) is 25.8 Å². The van der Waals surface area contributed by atoms with E-state index in [1.807, 2.05) is 24.3 Å². The molecule has 59 heavy (non-hydrogen) atoms. The first-order chi connectivity index (χ1) is 29.0. The lowest BCUT2D eigenvalue weighted by Crippen LogP contribution is -2.10. The smallest absolute Gasteiger partial charge is 0.135 e. The number of hydrogen-bond donors (Lipinski definition) is 0. The fraction of sp³-hybridized carbons (Fsp3) is 0. The van der Waals surface area contributed by atoms with Crippen molar-refractivity contribution in [1.29, 1.82) is 0 Å². The van der Waals surface area contributed by atoms with Crippen LogP contribution in [0.1, 0.15) is 0 Å². The molecule has 12 aromatic rings. The second kappa shape index (κ2) is 12.9. The summed E-state index contributed by atoms with van der Waals surface area (Å²) < 4.78 is 40.5. The summed E-state index contributed by atoms with van der Waals surface area (Å²) in [5.74, 6) is -0.579. The number of fused-ring (bicyclic) bond motifs is 12. The zero-order valence-electron chi connectivity index (χ0n) is 31.4. The van der Waals surface area contributed by atoms with Crippen molar-refractivity contribution in [2.24, 2.45) is 0 Å². The van der Waals surface area contributed by atoms with Crippen molar-refractivity contribution in [3.8, 4) is 22.3 Å². The van der Waals surface area contributed by atoms with Crippen LogP contribution in [0.5, 0.6) is 0 Å². The summed E-state index contributed by atoms with van der Waals surface area (Å²) in [6.45, 7) is 0. The van der Waals surface area contributed by atoms with E-state index in [-0.39, 0.29) is 11.6 Å². The summed E-state index contributed by atoms with van der Waals surface area (Å²) in [6, 6.07) is 62.6. The fourth-order valence-electron chi connectivity index (χ4n) is 8.95. The van der Waals surface area contributed by atoms with E-state index in [9.17, 15) is 8.78 Å². The summed E-state index contributed by atoms with van der Waals surface area (Å²) in [7, 11) is 0. The average Bonchev–Trinajstić information content (AvgIpc) is 3.83. The number of nitrogens with zero attached hydrogens (tertiary/aromatic N) is 1. The van der Waals surface area contributed by atoms with E-state index in [0.717, 1.165) is 72.0 Å². The summed E-state index contributed by atoms with van der Waals surface area (Å²) in [5, 5.41) is 10.6. The van der Waals surface area contributed by atoms with E-state index < -0.39 is 0 Å². The van der Waals surface area contributed by atoms with Gasteiger partial charge in [0.15, 0.2) is 0 Å². The number of furan rings is 2. The molecular weight excluding hydrogens is 733 g/mol. The molecule has 0 amide bonds. The van der Waals surface area contributed by atoms with Crippen LogP contribution in [0.15, 0.2) is 197 Å². The van der Waals surface area contributed by atoms with Crippen LogP contribution in [0.25, 0.3) is 98.4 Å². The predicted molar refractivity (Wildman–Crippen MR) is 239 cm³/mol. The quantitative estimate of drug-likeness (QED) is 0.164. The Morgan fingerprint density at radius 2 is 0.627 bits per heavy atom. The highest BCUT2D eigenvalue weighted by Crippen LogP contribution is 2.42. The molecule has 0 aliphatic rings. The van der Waals surface area contributed by atoms with Crippen molar-refractivity contribution >= 4 is 93.3 Å². The van der Waals surface area contributed by atoms with Crippen LogP contribution < -0.4 is 4.90 Å². The second-order valence-electron chi connectivity index (χ2n) is 15.2. The Morgan fingerprint density at radius 3 is 1.08 bits per heavy atom. The normalized spacial score (nSPS) is 11.9. The molecule has 0 unspecified atom stereocenters. The predicted octanol–water partition coefficient (Wildman–Crippen LogP) is 16.0. The van der Waals surface area contributed by atoms with Crippen LogP contribution in [0.2, 0.25) is 0 Å². The van der Waals surface area contributed by atoms with Gasteiger partial charge in [0.05, 0.1) is 0 Å². The molecule has 12 rings (SSSR count). The van der Waals surface area contributed by atoms with Gasteiger partial charge in [-0.25, -0.2) is 8.78 Å². The molecule has 2 heterocycles. The van der Waals surface area contributed by atoms with Crippen molar-refractivity contribution in [1.82, 2.24) is 0 Å². The Labute approximate surface area is 336 Å². The molecule has 0 saturated heterocycles. The van der Waals surface area contributed by atoms with Crippen LogP contribution >= 0.6 is 0 Å². The van der Waals surface area contributed by atoms with Gasteiger partial charge in [-0.05, 0) is 152 Å². The summed E-state index contributed by atoms with van der Waals surface area (Å²) in [6.07, 6.45) is 0. The van der Waals surface area contributed by atoms with Crippen LogP contribution in [0.3, 0.4) is 0 Å². The lowest BCUT2D eigenvalue weighted by atomic mass is 9.94. The van der Waals surface area contributed by atoms with Crippen LogP contribution in [0, 0.1) is 11.6 Å². The number of rotatable bonds is 5. The first kappa shape index (κ1) is 33.4. The highest BCUT2D eigenvalue weighted by molar-refractivity contribution is 6.25. The third-order valence-corrected chi connectivity index (χ3v) is 11.8. The molecule has 0 aliphatic heterocycles. The molecule has 0 atom stereocenters. The molecule has 0 saturated carbocycles. The minimum absolute atomic E-state index is 0.290. The number of benzene rings is 10. The zero-order chi connectivity index (χ0) is 39.2. The van der Waals surface area contributed by atoms with Crippen LogP contribution in [-0.4, -0.2) is 0 Å². The molecule has 0 N–H and O–H groups in total. The van der Waals surface area contributed by atoms with Gasteiger partial charge in [0.1, 0.15) is 34.0 Å². The number of halogens is 2. The van der Waals surface area contributed by atoms with E-state index in [1.54, 1.807) is 12.1 Å². The van der Waals surface area contributed by atoms with E-state index in [4.69, 9.17) is 8.83 Å². The Balaban J connectivity index is 0.991. The molecule has 0 bridgehead atoms. The van der Waals surface area contributed by atoms with Crippen molar-refractivity contribution in [3.05, 3.63) is 200 Å². The highest BCUT2D eigenvalue weighted by Gasteiger charge is 2.18. The van der Waals surface area contributed by atoms with Gasteiger partial charge in [0.25, 0.3) is 0 Å². The fourth-order valence-corrected chi connectivity index (χ4v) is 8.95. The van der Waals surface area contributed by atoms with Crippen molar-refractivity contribution in [3.63, 3.8) is 0 Å². The van der Waals surface area contributed by atoms with Gasteiger partial charge >= 0.3 is 0 Å². The molecule has 278 valence electrons. The summed E-state index contributed by atoms with van der Waals surface area (Å²) in [5.41, 5.74) is 9.91.